The molecule has 0 atom stereocenters. The molecule has 1 heterocycles. The van der Waals surface area contributed by atoms with Crippen LogP contribution in [-0.4, -0.2) is 23.1 Å². The standard InChI is InChI=1S/C19H20ClFN2O3S/c1-9-14(17(25)22-11-6-7-13(21)12(20)8-11)10(2)27-16(9)15(24)18(26)23-19(3,4)5/h6-8H,1-5H3,(H,22,25)(H,23,26). The molecule has 0 radical (unpaired) electrons. The van der Waals surface area contributed by atoms with Gasteiger partial charge in [0.2, 0.25) is 0 Å². The van der Waals surface area contributed by atoms with Crippen LogP contribution in [0.3, 0.4) is 0 Å². The number of aryl methyl sites for hydroxylation is 1. The molecule has 0 bridgehead atoms. The Kier molecular flexibility index (Phi) is 6.07. The first kappa shape index (κ1) is 21.1. The molecule has 2 amide bonds. The Balaban J connectivity index is 2.28. The molecule has 27 heavy (non-hydrogen) atoms. The van der Waals surface area contributed by atoms with Crippen molar-refractivity contribution in [2.75, 3.05) is 5.32 Å². The van der Waals surface area contributed by atoms with Crippen molar-refractivity contribution in [2.24, 2.45) is 0 Å². The predicted molar refractivity (Wildman–Crippen MR) is 105 cm³/mol. The summed E-state index contributed by atoms with van der Waals surface area (Å²) in [7, 11) is 0. The fourth-order valence-corrected chi connectivity index (χ4v) is 3.75. The number of hydrogen-bond acceptors (Lipinski definition) is 4. The van der Waals surface area contributed by atoms with Crippen molar-refractivity contribution < 1.29 is 18.8 Å². The monoisotopic (exact) mass is 410 g/mol. The van der Waals surface area contributed by atoms with Gasteiger partial charge in [-0.1, -0.05) is 11.6 Å². The first-order valence-corrected chi connectivity index (χ1v) is 9.33. The lowest BCUT2D eigenvalue weighted by molar-refractivity contribution is -0.118. The number of Topliss-reactive ketones (excluding diaryl/α,β-unsaturated/α-hetero) is 1. The van der Waals surface area contributed by atoms with Gasteiger partial charge in [-0.25, -0.2) is 4.39 Å². The Morgan fingerprint density at radius 1 is 1.15 bits per heavy atom. The number of nitrogens with one attached hydrogen (secondary N) is 2. The molecule has 0 fully saturated rings. The van der Waals surface area contributed by atoms with Gasteiger partial charge in [0.15, 0.2) is 0 Å². The highest BCUT2D eigenvalue weighted by molar-refractivity contribution is 7.15. The lowest BCUT2D eigenvalue weighted by atomic mass is 10.1. The van der Waals surface area contributed by atoms with Gasteiger partial charge >= 0.3 is 0 Å². The number of thiophene rings is 1. The van der Waals surface area contributed by atoms with Gasteiger partial charge in [0.25, 0.3) is 17.6 Å². The minimum Gasteiger partial charge on any atom is -0.345 e. The zero-order chi connectivity index (χ0) is 20.5. The van der Waals surface area contributed by atoms with Gasteiger partial charge in [-0.05, 0) is 58.4 Å². The molecular formula is C19H20ClFN2O3S. The largest absolute Gasteiger partial charge is 0.345 e. The third-order valence-electron chi connectivity index (χ3n) is 3.63. The maximum absolute atomic E-state index is 13.3. The van der Waals surface area contributed by atoms with E-state index in [0.29, 0.717) is 21.7 Å². The van der Waals surface area contributed by atoms with Gasteiger partial charge in [-0.2, -0.15) is 0 Å². The summed E-state index contributed by atoms with van der Waals surface area (Å²) in [4.78, 5) is 38.1. The molecule has 2 aromatic rings. The predicted octanol–water partition coefficient (Wildman–Crippen LogP) is 4.51. The topological polar surface area (TPSA) is 75.3 Å². The molecular weight excluding hydrogens is 391 g/mol. The van der Waals surface area contributed by atoms with Gasteiger partial charge in [0, 0.05) is 16.1 Å². The smallest absolute Gasteiger partial charge is 0.293 e. The molecule has 8 heteroatoms. The van der Waals surface area contributed by atoms with E-state index in [0.717, 1.165) is 17.4 Å². The molecule has 0 saturated heterocycles. The van der Waals surface area contributed by atoms with Crippen LogP contribution in [0.2, 0.25) is 5.02 Å². The average molecular weight is 411 g/mol. The van der Waals surface area contributed by atoms with Crippen LogP contribution >= 0.6 is 22.9 Å². The van der Waals surface area contributed by atoms with Gasteiger partial charge in [-0.3, -0.25) is 14.4 Å². The lowest BCUT2D eigenvalue weighted by Gasteiger charge is -2.19. The Bertz CT molecular complexity index is 932. The van der Waals surface area contributed by atoms with E-state index in [1.807, 2.05) is 0 Å². The molecule has 0 unspecified atom stereocenters. The van der Waals surface area contributed by atoms with E-state index in [4.69, 9.17) is 11.6 Å². The van der Waals surface area contributed by atoms with Crippen LogP contribution in [0.15, 0.2) is 18.2 Å². The summed E-state index contributed by atoms with van der Waals surface area (Å²) in [6, 6.07) is 3.84. The summed E-state index contributed by atoms with van der Waals surface area (Å²) in [5, 5.41) is 5.14. The number of carbonyl (C=O) groups is 3. The maximum atomic E-state index is 13.3. The lowest BCUT2D eigenvalue weighted by Crippen LogP contribution is -2.44. The van der Waals surface area contributed by atoms with Crippen LogP contribution in [0.5, 0.6) is 0 Å². The third-order valence-corrected chi connectivity index (χ3v) is 5.12. The molecule has 0 aliphatic rings. The number of hydrogen-bond donors (Lipinski definition) is 2. The molecule has 0 saturated carbocycles. The Morgan fingerprint density at radius 2 is 1.78 bits per heavy atom. The van der Waals surface area contributed by atoms with Gasteiger partial charge in [-0.15, -0.1) is 11.3 Å². The molecule has 0 aliphatic heterocycles. The number of rotatable bonds is 4. The minimum absolute atomic E-state index is 0.110. The fourth-order valence-electron chi connectivity index (χ4n) is 2.47. The van der Waals surface area contributed by atoms with Gasteiger partial charge in [0.05, 0.1) is 15.5 Å². The molecule has 1 aromatic heterocycles. The van der Waals surface area contributed by atoms with E-state index in [9.17, 15) is 18.8 Å². The van der Waals surface area contributed by atoms with Crippen LogP contribution in [0.25, 0.3) is 0 Å². The quantitative estimate of drug-likeness (QED) is 0.575. The van der Waals surface area contributed by atoms with Crippen LogP contribution in [-0.2, 0) is 4.79 Å². The van der Waals surface area contributed by atoms with E-state index in [-0.39, 0.29) is 9.90 Å². The number of benzene rings is 1. The van der Waals surface area contributed by atoms with Gasteiger partial charge < -0.3 is 10.6 Å². The van der Waals surface area contributed by atoms with E-state index < -0.39 is 29.0 Å². The third kappa shape index (κ3) is 4.93. The summed E-state index contributed by atoms with van der Waals surface area (Å²) in [6.07, 6.45) is 0. The van der Waals surface area contributed by atoms with Crippen molar-refractivity contribution >= 4 is 46.2 Å². The number of anilines is 1. The highest BCUT2D eigenvalue weighted by Crippen LogP contribution is 2.29. The first-order valence-electron chi connectivity index (χ1n) is 8.14. The van der Waals surface area contributed by atoms with Crippen LogP contribution < -0.4 is 10.6 Å². The highest BCUT2D eigenvalue weighted by Gasteiger charge is 2.28. The van der Waals surface area contributed by atoms with Crippen LogP contribution in [0.4, 0.5) is 10.1 Å². The molecule has 5 nitrogen and oxygen atoms in total. The second-order valence-corrected chi connectivity index (χ2v) is 8.74. The van der Waals surface area contributed by atoms with Crippen molar-refractivity contribution in [3.05, 3.63) is 49.9 Å². The number of amides is 2. The van der Waals surface area contributed by atoms with Gasteiger partial charge in [0.1, 0.15) is 5.82 Å². The molecule has 1 aromatic carbocycles. The zero-order valence-electron chi connectivity index (χ0n) is 15.6. The normalized spacial score (nSPS) is 11.2. The highest BCUT2D eigenvalue weighted by atomic mass is 35.5. The van der Waals surface area contributed by atoms with Crippen molar-refractivity contribution in [1.82, 2.24) is 5.32 Å². The fraction of sp³-hybridized carbons (Fsp3) is 0.316. The van der Waals surface area contributed by atoms with E-state index >= 15 is 0 Å². The SMILES string of the molecule is Cc1sc(C(=O)C(=O)NC(C)(C)C)c(C)c1C(=O)Nc1ccc(F)c(Cl)c1. The van der Waals surface area contributed by atoms with Crippen molar-refractivity contribution in [3.8, 4) is 0 Å². The first-order chi connectivity index (χ1) is 12.4. The number of halogens is 2. The summed E-state index contributed by atoms with van der Waals surface area (Å²) >= 11 is 6.82. The number of carbonyl (C=O) groups excluding carboxylic acids is 3. The molecule has 0 spiro atoms. The van der Waals surface area contributed by atoms with E-state index in [2.05, 4.69) is 10.6 Å². The number of ketones is 1. The molecule has 0 aliphatic carbocycles. The van der Waals surface area contributed by atoms with Crippen molar-refractivity contribution in [1.29, 1.82) is 0 Å². The van der Waals surface area contributed by atoms with Crippen LogP contribution in [0, 0.1) is 19.7 Å². The second-order valence-electron chi connectivity index (χ2n) is 7.10. The second kappa shape index (κ2) is 7.78. The average Bonchev–Trinajstić information content (AvgIpc) is 2.83. The van der Waals surface area contributed by atoms with E-state index in [1.54, 1.807) is 34.6 Å². The summed E-state index contributed by atoms with van der Waals surface area (Å²) in [6.45, 7) is 8.64. The Labute approximate surface area is 165 Å². The molecule has 144 valence electrons. The van der Waals surface area contributed by atoms with Crippen LogP contribution in [0.1, 0.15) is 51.2 Å². The van der Waals surface area contributed by atoms with Crippen molar-refractivity contribution in [3.63, 3.8) is 0 Å². The molecule has 2 rings (SSSR count). The van der Waals surface area contributed by atoms with E-state index in [1.165, 1.54) is 12.1 Å². The minimum atomic E-state index is -0.718. The summed E-state index contributed by atoms with van der Waals surface area (Å²) in [5.41, 5.74) is 0.522. The summed E-state index contributed by atoms with van der Waals surface area (Å²) < 4.78 is 13.3. The maximum Gasteiger partial charge on any atom is 0.293 e. The summed E-state index contributed by atoms with van der Waals surface area (Å²) in [5.74, 6) is -2.45. The Morgan fingerprint density at radius 3 is 2.33 bits per heavy atom. The molecule has 2 N–H and O–H groups in total. The Hall–Kier alpha value is -2.25. The zero-order valence-corrected chi connectivity index (χ0v) is 17.2. The van der Waals surface area contributed by atoms with Crippen molar-refractivity contribution in [2.45, 2.75) is 40.2 Å².